The minimum Gasteiger partial charge on any atom is -0.378 e. The molecule has 1 saturated heterocycles. The number of amides is 1. The van der Waals surface area contributed by atoms with Crippen molar-refractivity contribution in [3.05, 3.63) is 34.9 Å². The van der Waals surface area contributed by atoms with E-state index in [-0.39, 0.29) is 26.3 Å². The standard InChI is InChI=1S/C11H9F4NO2/c12-7-5-6(8(13)10(15)9(7)14)11(17)16-1-3-18-4-2-16/h5H,1-4H2. The zero-order valence-corrected chi connectivity index (χ0v) is 9.18. The van der Waals surface area contributed by atoms with Gasteiger partial charge in [-0.15, -0.1) is 0 Å². The van der Waals surface area contributed by atoms with E-state index in [9.17, 15) is 22.4 Å². The Hall–Kier alpha value is -1.63. The van der Waals surface area contributed by atoms with Crippen LogP contribution in [0.1, 0.15) is 10.4 Å². The molecule has 0 radical (unpaired) electrons. The van der Waals surface area contributed by atoms with Gasteiger partial charge in [0, 0.05) is 13.1 Å². The molecule has 0 aliphatic carbocycles. The second-order valence-electron chi connectivity index (χ2n) is 3.75. The van der Waals surface area contributed by atoms with Crippen LogP contribution in [0.2, 0.25) is 0 Å². The van der Waals surface area contributed by atoms with Crippen molar-refractivity contribution in [2.75, 3.05) is 26.3 Å². The van der Waals surface area contributed by atoms with Gasteiger partial charge in [-0.1, -0.05) is 0 Å². The van der Waals surface area contributed by atoms with Crippen LogP contribution in [0.25, 0.3) is 0 Å². The van der Waals surface area contributed by atoms with Gasteiger partial charge in [-0.05, 0) is 6.07 Å². The highest BCUT2D eigenvalue weighted by Gasteiger charge is 2.27. The number of ether oxygens (including phenoxy) is 1. The third kappa shape index (κ3) is 2.17. The van der Waals surface area contributed by atoms with E-state index in [2.05, 4.69) is 0 Å². The smallest absolute Gasteiger partial charge is 0.257 e. The van der Waals surface area contributed by atoms with E-state index in [1.807, 2.05) is 0 Å². The van der Waals surface area contributed by atoms with Crippen molar-refractivity contribution in [2.24, 2.45) is 0 Å². The largest absolute Gasteiger partial charge is 0.378 e. The third-order valence-electron chi connectivity index (χ3n) is 2.63. The number of halogens is 4. The first kappa shape index (κ1) is 12.8. The van der Waals surface area contributed by atoms with Crippen LogP contribution >= 0.6 is 0 Å². The number of hydrogen-bond donors (Lipinski definition) is 0. The molecule has 7 heteroatoms. The lowest BCUT2D eigenvalue weighted by molar-refractivity contribution is 0.0298. The first-order valence-electron chi connectivity index (χ1n) is 5.22. The molecule has 0 aromatic heterocycles. The van der Waals surface area contributed by atoms with Gasteiger partial charge in [0.2, 0.25) is 0 Å². The molecule has 0 bridgehead atoms. The van der Waals surface area contributed by atoms with Crippen molar-refractivity contribution in [3.8, 4) is 0 Å². The molecule has 1 aliphatic rings. The molecular weight excluding hydrogens is 254 g/mol. The van der Waals surface area contributed by atoms with Crippen molar-refractivity contribution in [3.63, 3.8) is 0 Å². The molecule has 0 saturated carbocycles. The van der Waals surface area contributed by atoms with Gasteiger partial charge in [0.05, 0.1) is 18.8 Å². The summed E-state index contributed by atoms with van der Waals surface area (Å²) in [5.74, 6) is -8.05. The van der Waals surface area contributed by atoms with Crippen LogP contribution in [0, 0.1) is 23.3 Å². The Balaban J connectivity index is 2.35. The van der Waals surface area contributed by atoms with Crippen LogP contribution in [0.5, 0.6) is 0 Å². The Kier molecular flexibility index (Phi) is 3.51. The average molecular weight is 263 g/mol. The molecule has 2 rings (SSSR count). The summed E-state index contributed by atoms with van der Waals surface area (Å²) in [6, 6.07) is 0.367. The van der Waals surface area contributed by atoms with Gasteiger partial charge in [-0.3, -0.25) is 4.79 Å². The normalized spacial score (nSPS) is 15.9. The second kappa shape index (κ2) is 4.93. The fourth-order valence-electron chi connectivity index (χ4n) is 1.67. The van der Waals surface area contributed by atoms with Gasteiger partial charge in [0.25, 0.3) is 5.91 Å². The van der Waals surface area contributed by atoms with Gasteiger partial charge >= 0.3 is 0 Å². The predicted molar refractivity (Wildman–Crippen MR) is 53.0 cm³/mol. The highest BCUT2D eigenvalue weighted by Crippen LogP contribution is 2.20. The topological polar surface area (TPSA) is 29.5 Å². The summed E-state index contributed by atoms with van der Waals surface area (Å²) in [6.07, 6.45) is 0. The zero-order chi connectivity index (χ0) is 13.3. The van der Waals surface area contributed by atoms with Crippen LogP contribution in [0.3, 0.4) is 0 Å². The molecule has 0 N–H and O–H groups in total. The quantitative estimate of drug-likeness (QED) is 0.438. The van der Waals surface area contributed by atoms with Crippen molar-refractivity contribution < 1.29 is 27.1 Å². The summed E-state index contributed by atoms with van der Waals surface area (Å²) < 4.78 is 57.1. The number of rotatable bonds is 1. The first-order chi connectivity index (χ1) is 8.52. The lowest BCUT2D eigenvalue weighted by Gasteiger charge is -2.27. The van der Waals surface area contributed by atoms with Crippen LogP contribution in [-0.2, 0) is 4.74 Å². The summed E-state index contributed by atoms with van der Waals surface area (Å²) >= 11 is 0. The van der Waals surface area contributed by atoms with Crippen LogP contribution in [-0.4, -0.2) is 37.1 Å². The van der Waals surface area contributed by atoms with E-state index in [1.165, 1.54) is 4.90 Å². The Morgan fingerprint density at radius 2 is 1.67 bits per heavy atom. The molecule has 18 heavy (non-hydrogen) atoms. The summed E-state index contributed by atoms with van der Waals surface area (Å²) in [6.45, 7) is 0.914. The molecule has 1 amide bonds. The van der Waals surface area contributed by atoms with E-state index in [4.69, 9.17) is 4.74 Å². The zero-order valence-electron chi connectivity index (χ0n) is 9.18. The maximum absolute atomic E-state index is 13.4. The number of morpholine rings is 1. The fourth-order valence-corrected chi connectivity index (χ4v) is 1.67. The van der Waals surface area contributed by atoms with Gasteiger partial charge in [0.1, 0.15) is 0 Å². The second-order valence-corrected chi connectivity index (χ2v) is 3.75. The summed E-state index contributed by atoms with van der Waals surface area (Å²) in [7, 11) is 0. The molecule has 1 aliphatic heterocycles. The third-order valence-corrected chi connectivity index (χ3v) is 2.63. The number of carbonyl (C=O) groups is 1. The van der Waals surface area contributed by atoms with Crippen molar-refractivity contribution in [1.82, 2.24) is 4.90 Å². The molecule has 1 heterocycles. The molecule has 0 spiro atoms. The molecule has 1 fully saturated rings. The Bertz CT molecular complexity index is 486. The van der Waals surface area contributed by atoms with Crippen LogP contribution in [0.15, 0.2) is 6.07 Å². The van der Waals surface area contributed by atoms with E-state index in [0.717, 1.165) is 0 Å². The van der Waals surface area contributed by atoms with Gasteiger partial charge < -0.3 is 9.64 Å². The molecule has 0 atom stereocenters. The number of benzene rings is 1. The maximum Gasteiger partial charge on any atom is 0.257 e. The minimum absolute atomic E-state index is 0.193. The lowest BCUT2D eigenvalue weighted by Crippen LogP contribution is -2.41. The highest BCUT2D eigenvalue weighted by atomic mass is 19.2. The van der Waals surface area contributed by atoms with Crippen LogP contribution in [0.4, 0.5) is 17.6 Å². The Morgan fingerprint density at radius 1 is 1.06 bits per heavy atom. The number of hydrogen-bond acceptors (Lipinski definition) is 2. The highest BCUT2D eigenvalue weighted by molar-refractivity contribution is 5.94. The van der Waals surface area contributed by atoms with Gasteiger partial charge in [0.15, 0.2) is 23.3 Å². The minimum atomic E-state index is -1.98. The maximum atomic E-state index is 13.4. The lowest BCUT2D eigenvalue weighted by atomic mass is 10.1. The fraction of sp³-hybridized carbons (Fsp3) is 0.364. The average Bonchev–Trinajstić information content (AvgIpc) is 2.41. The van der Waals surface area contributed by atoms with E-state index in [1.54, 1.807) is 0 Å². The molecule has 3 nitrogen and oxygen atoms in total. The Labute approximate surface area is 99.9 Å². The SMILES string of the molecule is O=C(c1cc(F)c(F)c(F)c1F)N1CCOCC1. The number of carbonyl (C=O) groups excluding carboxylic acids is 1. The first-order valence-corrected chi connectivity index (χ1v) is 5.22. The number of nitrogens with zero attached hydrogens (tertiary/aromatic N) is 1. The summed E-state index contributed by atoms with van der Waals surface area (Å²) in [5, 5.41) is 0. The predicted octanol–water partition coefficient (Wildman–Crippen LogP) is 1.72. The van der Waals surface area contributed by atoms with Gasteiger partial charge in [-0.25, -0.2) is 17.6 Å². The Morgan fingerprint density at radius 3 is 2.28 bits per heavy atom. The molecule has 1 aromatic carbocycles. The monoisotopic (exact) mass is 263 g/mol. The van der Waals surface area contributed by atoms with Crippen molar-refractivity contribution in [1.29, 1.82) is 0 Å². The van der Waals surface area contributed by atoms with Crippen LogP contribution < -0.4 is 0 Å². The van der Waals surface area contributed by atoms with Crippen molar-refractivity contribution in [2.45, 2.75) is 0 Å². The molecule has 98 valence electrons. The van der Waals surface area contributed by atoms with Gasteiger partial charge in [-0.2, -0.15) is 0 Å². The van der Waals surface area contributed by atoms with E-state index < -0.39 is 34.7 Å². The summed E-state index contributed by atoms with van der Waals surface area (Å²) in [5.41, 5.74) is -0.812. The molecule has 1 aromatic rings. The molecular formula is C11H9F4NO2. The van der Waals surface area contributed by atoms with E-state index in [0.29, 0.717) is 6.07 Å². The summed E-state index contributed by atoms with van der Waals surface area (Å²) in [4.78, 5) is 13.0. The van der Waals surface area contributed by atoms with Crippen molar-refractivity contribution >= 4 is 5.91 Å². The van der Waals surface area contributed by atoms with E-state index >= 15 is 0 Å². The molecule has 0 unspecified atom stereocenters.